The van der Waals surface area contributed by atoms with E-state index in [0.29, 0.717) is 17.0 Å². The molecule has 120 valence electrons. The summed E-state index contributed by atoms with van der Waals surface area (Å²) in [5, 5.41) is 5.24. The van der Waals surface area contributed by atoms with Crippen molar-refractivity contribution in [1.82, 2.24) is 5.32 Å². The third kappa shape index (κ3) is 4.57. The van der Waals surface area contributed by atoms with Crippen LogP contribution in [0.3, 0.4) is 0 Å². The normalized spacial score (nSPS) is 10.0. The van der Waals surface area contributed by atoms with Gasteiger partial charge in [0.2, 0.25) is 0 Å². The van der Waals surface area contributed by atoms with Crippen LogP contribution < -0.4 is 15.4 Å². The van der Waals surface area contributed by atoms with E-state index in [0.717, 1.165) is 12.0 Å². The molecule has 0 fully saturated rings. The summed E-state index contributed by atoms with van der Waals surface area (Å²) in [6, 6.07) is 14.5. The number of rotatable bonds is 6. The lowest BCUT2D eigenvalue weighted by molar-refractivity contribution is -0.118. The van der Waals surface area contributed by atoms with Crippen molar-refractivity contribution in [2.24, 2.45) is 0 Å². The van der Waals surface area contributed by atoms with Gasteiger partial charge < -0.3 is 15.4 Å². The standard InChI is InChI=1S/C18H20N2O3/c1-3-13-7-6-8-14(11-13)23-12-17(21)20-16-10-5-4-9-15(16)18(22)19-2/h4-11H,3,12H2,1-2H3,(H,19,22)(H,20,21). The van der Waals surface area contributed by atoms with Crippen LogP contribution in [0.5, 0.6) is 5.75 Å². The predicted octanol–water partition coefficient (Wildman–Crippen LogP) is 2.63. The Labute approximate surface area is 135 Å². The molecule has 0 aliphatic rings. The third-order valence-electron chi connectivity index (χ3n) is 3.35. The summed E-state index contributed by atoms with van der Waals surface area (Å²) in [6.45, 7) is 1.94. The molecule has 0 atom stereocenters. The zero-order valence-corrected chi connectivity index (χ0v) is 13.3. The Morgan fingerprint density at radius 3 is 2.61 bits per heavy atom. The summed E-state index contributed by atoms with van der Waals surface area (Å²) < 4.78 is 5.50. The Bertz CT molecular complexity index is 698. The number of hydrogen-bond donors (Lipinski definition) is 2. The Hall–Kier alpha value is -2.82. The molecule has 2 N–H and O–H groups in total. The second-order valence-corrected chi connectivity index (χ2v) is 4.96. The van der Waals surface area contributed by atoms with Crippen LogP contribution in [0.15, 0.2) is 48.5 Å². The van der Waals surface area contributed by atoms with E-state index in [4.69, 9.17) is 4.74 Å². The fourth-order valence-electron chi connectivity index (χ4n) is 2.12. The first-order chi connectivity index (χ1) is 11.1. The van der Waals surface area contributed by atoms with Crippen molar-refractivity contribution in [2.45, 2.75) is 13.3 Å². The molecule has 2 rings (SSSR count). The topological polar surface area (TPSA) is 67.4 Å². The number of ether oxygens (including phenoxy) is 1. The van der Waals surface area contributed by atoms with Crippen LogP contribution in [0, 0.1) is 0 Å². The molecule has 2 aromatic rings. The van der Waals surface area contributed by atoms with Gasteiger partial charge in [-0.3, -0.25) is 9.59 Å². The van der Waals surface area contributed by atoms with E-state index in [1.165, 1.54) is 0 Å². The molecular weight excluding hydrogens is 292 g/mol. The van der Waals surface area contributed by atoms with Crippen molar-refractivity contribution < 1.29 is 14.3 Å². The van der Waals surface area contributed by atoms with Gasteiger partial charge in [-0.25, -0.2) is 0 Å². The minimum absolute atomic E-state index is 0.116. The lowest BCUT2D eigenvalue weighted by atomic mass is 10.1. The van der Waals surface area contributed by atoms with E-state index in [1.807, 2.05) is 24.3 Å². The third-order valence-corrected chi connectivity index (χ3v) is 3.35. The first-order valence-electron chi connectivity index (χ1n) is 7.46. The van der Waals surface area contributed by atoms with Crippen LogP contribution in [0.4, 0.5) is 5.69 Å². The summed E-state index contributed by atoms with van der Waals surface area (Å²) in [7, 11) is 1.55. The van der Waals surface area contributed by atoms with E-state index in [9.17, 15) is 9.59 Å². The molecule has 0 bridgehead atoms. The highest BCUT2D eigenvalue weighted by molar-refractivity contribution is 6.03. The molecule has 0 aliphatic heterocycles. The monoisotopic (exact) mass is 312 g/mol. The fourth-order valence-corrected chi connectivity index (χ4v) is 2.12. The quantitative estimate of drug-likeness (QED) is 0.861. The Kier molecular flexibility index (Phi) is 5.74. The van der Waals surface area contributed by atoms with E-state index in [2.05, 4.69) is 17.6 Å². The molecule has 0 heterocycles. The Morgan fingerprint density at radius 2 is 1.87 bits per heavy atom. The van der Waals surface area contributed by atoms with Crippen LogP contribution in [0.1, 0.15) is 22.8 Å². The zero-order valence-electron chi connectivity index (χ0n) is 13.3. The highest BCUT2D eigenvalue weighted by Gasteiger charge is 2.12. The van der Waals surface area contributed by atoms with Gasteiger partial charge in [0.1, 0.15) is 5.75 Å². The van der Waals surface area contributed by atoms with Gasteiger partial charge in [0.05, 0.1) is 11.3 Å². The number of para-hydroxylation sites is 1. The van der Waals surface area contributed by atoms with Crippen LogP contribution >= 0.6 is 0 Å². The average molecular weight is 312 g/mol. The van der Waals surface area contributed by atoms with Crippen molar-refractivity contribution in [3.8, 4) is 5.75 Å². The van der Waals surface area contributed by atoms with Crippen molar-refractivity contribution >= 4 is 17.5 Å². The molecule has 0 spiro atoms. The van der Waals surface area contributed by atoms with Gasteiger partial charge in [-0.1, -0.05) is 31.2 Å². The number of anilines is 1. The van der Waals surface area contributed by atoms with Crippen LogP contribution in [-0.2, 0) is 11.2 Å². The molecule has 0 saturated heterocycles. The summed E-state index contributed by atoms with van der Waals surface area (Å²) in [5.74, 6) is 0.0832. The van der Waals surface area contributed by atoms with Gasteiger partial charge in [0.15, 0.2) is 6.61 Å². The Balaban J connectivity index is 1.99. The second-order valence-electron chi connectivity index (χ2n) is 4.96. The van der Waals surface area contributed by atoms with E-state index in [-0.39, 0.29) is 18.4 Å². The number of nitrogens with one attached hydrogen (secondary N) is 2. The van der Waals surface area contributed by atoms with E-state index < -0.39 is 0 Å². The molecule has 0 saturated carbocycles. The lowest BCUT2D eigenvalue weighted by Crippen LogP contribution is -2.24. The van der Waals surface area contributed by atoms with Gasteiger partial charge in [-0.05, 0) is 36.2 Å². The van der Waals surface area contributed by atoms with Gasteiger partial charge in [0.25, 0.3) is 11.8 Å². The maximum atomic E-state index is 12.0. The summed E-state index contributed by atoms with van der Waals surface area (Å²) in [5.41, 5.74) is 2.02. The minimum Gasteiger partial charge on any atom is -0.484 e. The van der Waals surface area contributed by atoms with Crippen molar-refractivity contribution in [3.63, 3.8) is 0 Å². The summed E-state index contributed by atoms with van der Waals surface area (Å²) in [4.78, 5) is 23.8. The fraction of sp³-hybridized carbons (Fsp3) is 0.222. The van der Waals surface area contributed by atoms with Crippen LogP contribution in [0.2, 0.25) is 0 Å². The number of benzene rings is 2. The molecule has 0 radical (unpaired) electrons. The maximum absolute atomic E-state index is 12.0. The molecule has 0 aromatic heterocycles. The first kappa shape index (κ1) is 16.5. The molecule has 0 unspecified atom stereocenters. The predicted molar refractivity (Wildman–Crippen MR) is 89.8 cm³/mol. The van der Waals surface area contributed by atoms with Crippen molar-refractivity contribution in [1.29, 1.82) is 0 Å². The Morgan fingerprint density at radius 1 is 1.09 bits per heavy atom. The number of carbonyl (C=O) groups is 2. The van der Waals surface area contributed by atoms with E-state index in [1.54, 1.807) is 31.3 Å². The number of carbonyl (C=O) groups excluding carboxylic acids is 2. The molecule has 2 aromatic carbocycles. The second kappa shape index (κ2) is 7.98. The van der Waals surface area contributed by atoms with E-state index >= 15 is 0 Å². The lowest BCUT2D eigenvalue weighted by Gasteiger charge is -2.11. The average Bonchev–Trinajstić information content (AvgIpc) is 2.60. The van der Waals surface area contributed by atoms with Crippen molar-refractivity contribution in [2.75, 3.05) is 19.0 Å². The molecule has 0 aliphatic carbocycles. The highest BCUT2D eigenvalue weighted by Crippen LogP contribution is 2.16. The van der Waals surface area contributed by atoms with Crippen LogP contribution in [-0.4, -0.2) is 25.5 Å². The van der Waals surface area contributed by atoms with Gasteiger partial charge in [0, 0.05) is 7.05 Å². The van der Waals surface area contributed by atoms with Gasteiger partial charge in [-0.2, -0.15) is 0 Å². The number of aryl methyl sites for hydroxylation is 1. The van der Waals surface area contributed by atoms with Crippen LogP contribution in [0.25, 0.3) is 0 Å². The smallest absolute Gasteiger partial charge is 0.262 e. The molecule has 23 heavy (non-hydrogen) atoms. The molecule has 5 nitrogen and oxygen atoms in total. The SMILES string of the molecule is CCc1cccc(OCC(=O)Nc2ccccc2C(=O)NC)c1. The summed E-state index contributed by atoms with van der Waals surface area (Å²) >= 11 is 0. The molecule has 5 heteroatoms. The zero-order chi connectivity index (χ0) is 16.7. The highest BCUT2D eigenvalue weighted by atomic mass is 16.5. The number of amides is 2. The number of hydrogen-bond acceptors (Lipinski definition) is 3. The maximum Gasteiger partial charge on any atom is 0.262 e. The van der Waals surface area contributed by atoms with Gasteiger partial charge in [-0.15, -0.1) is 0 Å². The first-order valence-corrected chi connectivity index (χ1v) is 7.46. The largest absolute Gasteiger partial charge is 0.484 e. The van der Waals surface area contributed by atoms with Crippen molar-refractivity contribution in [3.05, 3.63) is 59.7 Å². The minimum atomic E-state index is -0.316. The molecular formula is C18H20N2O3. The molecule has 2 amide bonds. The summed E-state index contributed by atoms with van der Waals surface area (Å²) in [6.07, 6.45) is 0.906. The van der Waals surface area contributed by atoms with Gasteiger partial charge >= 0.3 is 0 Å².